The Hall–Kier alpha value is -3.56. The standard InChI is InChI=1S/C27H25N3O4S2/c1-3-34-26(31)24-21-6-4-5-7-23(21)36-25(24)28-27-29(19-12-8-17(2)9-13-19)22(16-35-27)18-10-14-20(15-11-18)30(32)33/h8-16H,3-7H2,1-2H3/b28-27-. The number of aromatic nitrogens is 1. The molecule has 5 rings (SSSR count). The number of nitro groups is 1. The number of ether oxygens (including phenoxy) is 1. The van der Waals surface area contributed by atoms with Crippen LogP contribution in [0.4, 0.5) is 10.7 Å². The largest absolute Gasteiger partial charge is 0.462 e. The van der Waals surface area contributed by atoms with Gasteiger partial charge in [0.05, 0.1) is 22.8 Å². The zero-order valence-electron chi connectivity index (χ0n) is 20.0. The van der Waals surface area contributed by atoms with Gasteiger partial charge in [-0.2, -0.15) is 0 Å². The number of benzene rings is 2. The Morgan fingerprint density at radius 1 is 1.11 bits per heavy atom. The lowest BCUT2D eigenvalue weighted by molar-refractivity contribution is -0.384. The molecule has 184 valence electrons. The molecule has 36 heavy (non-hydrogen) atoms. The number of nitrogens with zero attached hydrogens (tertiary/aromatic N) is 3. The molecule has 0 saturated heterocycles. The molecule has 0 saturated carbocycles. The lowest BCUT2D eigenvalue weighted by Crippen LogP contribution is -2.14. The second kappa shape index (κ2) is 10.2. The van der Waals surface area contributed by atoms with Crippen molar-refractivity contribution in [2.24, 2.45) is 4.99 Å². The molecular formula is C27H25N3O4S2. The van der Waals surface area contributed by atoms with Crippen LogP contribution in [0.1, 0.15) is 46.1 Å². The molecule has 2 aromatic heterocycles. The molecule has 0 fully saturated rings. The molecule has 0 radical (unpaired) electrons. The van der Waals surface area contributed by atoms with E-state index in [2.05, 4.69) is 0 Å². The monoisotopic (exact) mass is 519 g/mol. The highest BCUT2D eigenvalue weighted by Crippen LogP contribution is 2.40. The summed E-state index contributed by atoms with van der Waals surface area (Å²) in [6.07, 6.45) is 3.99. The van der Waals surface area contributed by atoms with Gasteiger partial charge in [0.1, 0.15) is 5.00 Å². The van der Waals surface area contributed by atoms with E-state index < -0.39 is 4.92 Å². The molecule has 0 aliphatic heterocycles. The molecule has 1 aliphatic rings. The van der Waals surface area contributed by atoms with Gasteiger partial charge in [-0.1, -0.05) is 17.7 Å². The summed E-state index contributed by atoms with van der Waals surface area (Å²) in [5.41, 5.74) is 5.50. The zero-order valence-corrected chi connectivity index (χ0v) is 21.7. The predicted octanol–water partition coefficient (Wildman–Crippen LogP) is 6.77. The number of hydrogen-bond donors (Lipinski definition) is 0. The van der Waals surface area contributed by atoms with Crippen molar-refractivity contribution in [1.82, 2.24) is 4.57 Å². The quantitative estimate of drug-likeness (QED) is 0.160. The van der Waals surface area contributed by atoms with Crippen LogP contribution in [0.15, 0.2) is 58.9 Å². The third kappa shape index (κ3) is 4.64. The van der Waals surface area contributed by atoms with Crippen molar-refractivity contribution >= 4 is 39.3 Å². The van der Waals surface area contributed by atoms with Gasteiger partial charge in [-0.15, -0.1) is 22.7 Å². The van der Waals surface area contributed by atoms with Crippen LogP contribution in [0.25, 0.3) is 16.9 Å². The van der Waals surface area contributed by atoms with Crippen molar-refractivity contribution in [3.63, 3.8) is 0 Å². The Bertz CT molecular complexity index is 1500. The van der Waals surface area contributed by atoms with E-state index in [9.17, 15) is 14.9 Å². The first-order chi connectivity index (χ1) is 17.5. The third-order valence-electron chi connectivity index (χ3n) is 6.20. The average Bonchev–Trinajstić information content (AvgIpc) is 3.46. The third-order valence-corrected chi connectivity index (χ3v) is 8.22. The first-order valence-corrected chi connectivity index (χ1v) is 13.5. The summed E-state index contributed by atoms with van der Waals surface area (Å²) in [6, 6.07) is 14.7. The van der Waals surface area contributed by atoms with E-state index in [1.807, 2.05) is 48.1 Å². The van der Waals surface area contributed by atoms with Crippen LogP contribution in [0, 0.1) is 17.0 Å². The maximum atomic E-state index is 13.0. The first kappa shape index (κ1) is 24.1. The lowest BCUT2D eigenvalue weighted by Gasteiger charge is -2.12. The molecule has 9 heteroatoms. The molecule has 2 aromatic carbocycles. The highest BCUT2D eigenvalue weighted by molar-refractivity contribution is 7.16. The van der Waals surface area contributed by atoms with E-state index in [0.29, 0.717) is 17.2 Å². The summed E-state index contributed by atoms with van der Waals surface area (Å²) in [7, 11) is 0. The number of hydrogen-bond acceptors (Lipinski definition) is 7. The van der Waals surface area contributed by atoms with E-state index in [1.165, 1.54) is 28.3 Å². The van der Waals surface area contributed by atoms with Crippen LogP contribution in [0.3, 0.4) is 0 Å². The highest BCUT2D eigenvalue weighted by atomic mass is 32.1. The minimum Gasteiger partial charge on any atom is -0.462 e. The number of non-ortho nitro benzene ring substituents is 1. The summed E-state index contributed by atoms with van der Waals surface area (Å²) in [4.78, 5) is 30.7. The summed E-state index contributed by atoms with van der Waals surface area (Å²) in [5.74, 6) is -0.315. The van der Waals surface area contributed by atoms with Gasteiger partial charge in [-0.05, 0) is 74.9 Å². The Balaban J connectivity index is 1.71. The van der Waals surface area contributed by atoms with Crippen molar-refractivity contribution in [3.05, 3.63) is 90.4 Å². The van der Waals surface area contributed by atoms with Gasteiger partial charge in [0.25, 0.3) is 5.69 Å². The van der Waals surface area contributed by atoms with E-state index in [1.54, 1.807) is 23.5 Å². The number of thiazole rings is 1. The summed E-state index contributed by atoms with van der Waals surface area (Å²) in [5, 5.41) is 13.8. The lowest BCUT2D eigenvalue weighted by atomic mass is 9.95. The predicted molar refractivity (Wildman–Crippen MR) is 143 cm³/mol. The van der Waals surface area contributed by atoms with E-state index >= 15 is 0 Å². The Labute approximate surface area is 216 Å². The number of rotatable bonds is 6. The first-order valence-electron chi connectivity index (χ1n) is 11.8. The molecule has 0 N–H and O–H groups in total. The van der Waals surface area contributed by atoms with Crippen molar-refractivity contribution in [1.29, 1.82) is 0 Å². The van der Waals surface area contributed by atoms with Crippen molar-refractivity contribution in [3.8, 4) is 16.9 Å². The minimum absolute atomic E-state index is 0.0454. The van der Waals surface area contributed by atoms with Crippen LogP contribution in [0.5, 0.6) is 0 Å². The minimum atomic E-state index is -0.401. The normalized spacial score (nSPS) is 13.4. The van der Waals surface area contributed by atoms with E-state index in [0.717, 1.165) is 58.6 Å². The van der Waals surface area contributed by atoms with Gasteiger partial charge in [-0.3, -0.25) is 14.7 Å². The Morgan fingerprint density at radius 2 is 1.83 bits per heavy atom. The fourth-order valence-corrected chi connectivity index (χ4v) is 6.64. The number of carbonyl (C=O) groups excluding carboxylic acids is 1. The van der Waals surface area contributed by atoms with Crippen molar-refractivity contribution in [2.75, 3.05) is 6.61 Å². The fourth-order valence-electron chi connectivity index (χ4n) is 4.42. The van der Waals surface area contributed by atoms with E-state index in [-0.39, 0.29) is 11.7 Å². The average molecular weight is 520 g/mol. The number of esters is 1. The molecule has 7 nitrogen and oxygen atoms in total. The molecule has 2 heterocycles. The van der Waals surface area contributed by atoms with Gasteiger partial charge in [0.15, 0.2) is 4.80 Å². The molecule has 1 aliphatic carbocycles. The Morgan fingerprint density at radius 3 is 2.53 bits per heavy atom. The van der Waals surface area contributed by atoms with Crippen LogP contribution in [-0.4, -0.2) is 22.1 Å². The van der Waals surface area contributed by atoms with Gasteiger partial charge in [-0.25, -0.2) is 9.79 Å². The molecule has 4 aromatic rings. The molecule has 0 spiro atoms. The van der Waals surface area contributed by atoms with Crippen molar-refractivity contribution < 1.29 is 14.5 Å². The SMILES string of the molecule is CCOC(=O)c1c(/N=c2\scc(-c3ccc([N+](=O)[O-])cc3)n2-c2ccc(C)cc2)sc2c1CCCC2. The zero-order chi connectivity index (χ0) is 25.2. The van der Waals surface area contributed by atoms with Crippen molar-refractivity contribution in [2.45, 2.75) is 39.5 Å². The summed E-state index contributed by atoms with van der Waals surface area (Å²) >= 11 is 3.05. The second-order valence-corrected chi connectivity index (χ2v) is 10.5. The van der Waals surface area contributed by atoms with Gasteiger partial charge in [0.2, 0.25) is 0 Å². The molecule has 0 bridgehead atoms. The van der Waals surface area contributed by atoms with Crippen LogP contribution in [-0.2, 0) is 17.6 Å². The summed E-state index contributed by atoms with van der Waals surface area (Å²) in [6.45, 7) is 4.16. The number of thiophene rings is 1. The molecular weight excluding hydrogens is 494 g/mol. The van der Waals surface area contributed by atoms with Gasteiger partial charge in [0, 0.05) is 28.1 Å². The fraction of sp³-hybridized carbons (Fsp3) is 0.259. The second-order valence-electron chi connectivity index (χ2n) is 8.60. The number of aryl methyl sites for hydroxylation is 2. The molecule has 0 atom stereocenters. The van der Waals surface area contributed by atoms with Crippen LogP contribution >= 0.6 is 22.7 Å². The number of nitro benzene ring substituents is 1. The van der Waals surface area contributed by atoms with E-state index in [4.69, 9.17) is 9.73 Å². The number of fused-ring (bicyclic) bond motifs is 1. The molecule has 0 unspecified atom stereocenters. The topological polar surface area (TPSA) is 86.7 Å². The molecule has 0 amide bonds. The van der Waals surface area contributed by atoms with Crippen LogP contribution in [0.2, 0.25) is 0 Å². The maximum absolute atomic E-state index is 13.0. The highest BCUT2D eigenvalue weighted by Gasteiger charge is 2.26. The Kier molecular flexibility index (Phi) is 6.84. The number of carbonyl (C=O) groups is 1. The maximum Gasteiger partial charge on any atom is 0.341 e. The smallest absolute Gasteiger partial charge is 0.341 e. The van der Waals surface area contributed by atoms with Gasteiger partial charge < -0.3 is 4.74 Å². The summed E-state index contributed by atoms with van der Waals surface area (Å²) < 4.78 is 7.45. The van der Waals surface area contributed by atoms with Gasteiger partial charge >= 0.3 is 5.97 Å². The van der Waals surface area contributed by atoms with Crippen LogP contribution < -0.4 is 4.80 Å².